The van der Waals surface area contributed by atoms with Crippen LogP contribution in [0.5, 0.6) is 0 Å². The van der Waals surface area contributed by atoms with E-state index in [-0.39, 0.29) is 0 Å². The van der Waals surface area contributed by atoms with Crippen molar-refractivity contribution in [3.05, 3.63) is 18.6 Å². The smallest absolute Gasteiger partial charge is 0.116 e. The van der Waals surface area contributed by atoms with Crippen molar-refractivity contribution < 1.29 is 0 Å². The monoisotopic (exact) mass is 265 g/mol. The van der Waals surface area contributed by atoms with Crippen LogP contribution in [-0.2, 0) is 0 Å². The molecule has 1 fully saturated rings. The molecule has 1 N–H and O–H groups in total. The highest BCUT2D eigenvalue weighted by molar-refractivity contribution is 7.99. The summed E-state index contributed by atoms with van der Waals surface area (Å²) in [5.41, 5.74) is 0. The zero-order chi connectivity index (χ0) is 12.6. The lowest BCUT2D eigenvalue weighted by atomic mass is 10.1. The van der Waals surface area contributed by atoms with Crippen molar-refractivity contribution in [3.8, 4) is 0 Å². The van der Waals surface area contributed by atoms with Crippen LogP contribution in [0.4, 0.5) is 0 Å². The van der Waals surface area contributed by atoms with E-state index in [1.54, 1.807) is 6.33 Å². The summed E-state index contributed by atoms with van der Waals surface area (Å²) in [4.78, 5) is 8.33. The number of hydrogen-bond acceptors (Lipinski definition) is 4. The van der Waals surface area contributed by atoms with Crippen molar-refractivity contribution in [1.29, 1.82) is 0 Å². The Hall–Kier alpha value is -0.610. The average molecular weight is 265 g/mol. The minimum Gasteiger partial charge on any atom is -0.313 e. The molecule has 0 aliphatic heterocycles. The van der Waals surface area contributed by atoms with Crippen molar-refractivity contribution in [3.63, 3.8) is 0 Å². The molecule has 2 rings (SSSR count). The van der Waals surface area contributed by atoms with Crippen LogP contribution in [0.3, 0.4) is 0 Å². The van der Waals surface area contributed by atoms with Crippen LogP contribution >= 0.6 is 11.8 Å². The number of nitrogens with one attached hydrogen (secondary N) is 1. The Bertz CT molecular complexity index is 331. The quantitative estimate of drug-likeness (QED) is 0.655. The molecule has 18 heavy (non-hydrogen) atoms. The van der Waals surface area contributed by atoms with Gasteiger partial charge in [0.05, 0.1) is 5.03 Å². The van der Waals surface area contributed by atoms with Gasteiger partial charge in [-0.15, -0.1) is 11.8 Å². The van der Waals surface area contributed by atoms with Gasteiger partial charge in [0.15, 0.2) is 0 Å². The van der Waals surface area contributed by atoms with Crippen molar-refractivity contribution in [2.24, 2.45) is 0 Å². The summed E-state index contributed by atoms with van der Waals surface area (Å²) in [7, 11) is 0. The molecule has 0 amide bonds. The highest BCUT2D eigenvalue weighted by atomic mass is 32.2. The molecule has 3 nitrogen and oxygen atoms in total. The predicted molar refractivity (Wildman–Crippen MR) is 76.8 cm³/mol. The van der Waals surface area contributed by atoms with Crippen molar-refractivity contribution >= 4 is 11.8 Å². The van der Waals surface area contributed by atoms with E-state index in [0.29, 0.717) is 11.3 Å². The van der Waals surface area contributed by atoms with Crippen LogP contribution in [0.15, 0.2) is 23.6 Å². The maximum absolute atomic E-state index is 4.34. The molecule has 0 radical (unpaired) electrons. The summed E-state index contributed by atoms with van der Waals surface area (Å²) in [6.07, 6.45) is 11.4. The molecule has 1 aliphatic carbocycles. The molecule has 1 aromatic rings. The van der Waals surface area contributed by atoms with Gasteiger partial charge in [-0.3, -0.25) is 0 Å². The van der Waals surface area contributed by atoms with Crippen molar-refractivity contribution in [2.75, 3.05) is 6.54 Å². The van der Waals surface area contributed by atoms with Crippen LogP contribution in [0.1, 0.15) is 45.4 Å². The minimum absolute atomic E-state index is 0.646. The predicted octanol–water partition coefficient (Wildman–Crippen LogP) is 3.27. The Labute approximate surface area is 114 Å². The maximum atomic E-state index is 4.34. The summed E-state index contributed by atoms with van der Waals surface area (Å²) in [6.45, 7) is 3.36. The Kier molecular flexibility index (Phi) is 5.94. The Morgan fingerprint density at radius 1 is 1.33 bits per heavy atom. The third-order valence-electron chi connectivity index (χ3n) is 3.44. The zero-order valence-corrected chi connectivity index (χ0v) is 12.0. The number of nitrogens with zero attached hydrogens (tertiary/aromatic N) is 2. The molecule has 1 aliphatic rings. The Morgan fingerprint density at radius 3 is 3.00 bits per heavy atom. The third kappa shape index (κ3) is 4.25. The van der Waals surface area contributed by atoms with E-state index in [2.05, 4.69) is 22.2 Å². The second kappa shape index (κ2) is 7.74. The molecule has 0 aromatic carbocycles. The van der Waals surface area contributed by atoms with E-state index in [4.69, 9.17) is 0 Å². The number of thioether (sulfide) groups is 1. The van der Waals surface area contributed by atoms with Crippen LogP contribution in [0.25, 0.3) is 0 Å². The molecule has 100 valence electrons. The van der Waals surface area contributed by atoms with Crippen molar-refractivity contribution in [1.82, 2.24) is 15.3 Å². The van der Waals surface area contributed by atoms with Crippen LogP contribution in [0, 0.1) is 0 Å². The molecule has 2 atom stereocenters. The van der Waals surface area contributed by atoms with Gasteiger partial charge in [-0.05, 0) is 31.9 Å². The largest absolute Gasteiger partial charge is 0.313 e. The first kappa shape index (κ1) is 13.8. The van der Waals surface area contributed by atoms with E-state index < -0.39 is 0 Å². The number of hydrogen-bond donors (Lipinski definition) is 1. The highest BCUT2D eigenvalue weighted by Crippen LogP contribution is 2.31. The lowest BCUT2D eigenvalue weighted by Crippen LogP contribution is -2.37. The van der Waals surface area contributed by atoms with Gasteiger partial charge in [-0.1, -0.05) is 26.2 Å². The lowest BCUT2D eigenvalue weighted by Gasteiger charge is -2.25. The van der Waals surface area contributed by atoms with Crippen LogP contribution in [-0.4, -0.2) is 27.8 Å². The van der Waals surface area contributed by atoms with E-state index in [9.17, 15) is 0 Å². The first-order valence-corrected chi connectivity index (χ1v) is 7.94. The second-order valence-electron chi connectivity index (χ2n) is 4.90. The normalized spacial score (nSPS) is 24.7. The van der Waals surface area contributed by atoms with Gasteiger partial charge in [0.1, 0.15) is 6.33 Å². The second-order valence-corrected chi connectivity index (χ2v) is 6.16. The molecule has 0 saturated heterocycles. The molecule has 1 saturated carbocycles. The fourth-order valence-electron chi connectivity index (χ4n) is 2.48. The maximum Gasteiger partial charge on any atom is 0.116 e. The summed E-state index contributed by atoms with van der Waals surface area (Å²) < 4.78 is 0. The van der Waals surface area contributed by atoms with E-state index in [1.807, 2.05) is 24.0 Å². The Balaban J connectivity index is 1.96. The molecule has 1 aromatic heterocycles. The van der Waals surface area contributed by atoms with Gasteiger partial charge in [0, 0.05) is 17.5 Å². The minimum atomic E-state index is 0.646. The molecule has 0 bridgehead atoms. The molecular formula is C14H23N3S. The topological polar surface area (TPSA) is 37.8 Å². The number of rotatable bonds is 5. The first-order valence-electron chi connectivity index (χ1n) is 7.06. The van der Waals surface area contributed by atoms with Gasteiger partial charge < -0.3 is 5.32 Å². The molecule has 4 heteroatoms. The van der Waals surface area contributed by atoms with Gasteiger partial charge in [-0.2, -0.15) is 0 Å². The summed E-state index contributed by atoms with van der Waals surface area (Å²) in [5, 5.41) is 5.49. The molecule has 0 spiro atoms. The SMILES string of the molecule is CCCNC1CCCCCC1Sc1ccncn1. The Morgan fingerprint density at radius 2 is 2.22 bits per heavy atom. The fraction of sp³-hybridized carbons (Fsp3) is 0.714. The van der Waals surface area contributed by atoms with Gasteiger partial charge >= 0.3 is 0 Å². The molecular weight excluding hydrogens is 242 g/mol. The summed E-state index contributed by atoms with van der Waals surface area (Å²) in [6, 6.07) is 2.67. The lowest BCUT2D eigenvalue weighted by molar-refractivity contribution is 0.469. The summed E-state index contributed by atoms with van der Waals surface area (Å²) >= 11 is 1.92. The standard InChI is InChI=1S/C14H23N3S/c1-2-9-16-12-6-4-3-5-7-13(12)18-14-8-10-15-11-17-14/h8,10-13,16H,2-7,9H2,1H3. The van der Waals surface area contributed by atoms with E-state index >= 15 is 0 Å². The molecule has 1 heterocycles. The fourth-order valence-corrected chi connectivity index (χ4v) is 3.72. The van der Waals surface area contributed by atoms with Crippen LogP contribution in [0.2, 0.25) is 0 Å². The molecule has 2 unspecified atom stereocenters. The first-order chi connectivity index (χ1) is 8.90. The third-order valence-corrected chi connectivity index (χ3v) is 4.79. The van der Waals surface area contributed by atoms with Gasteiger partial charge in [0.2, 0.25) is 0 Å². The van der Waals surface area contributed by atoms with Gasteiger partial charge in [0.25, 0.3) is 0 Å². The van der Waals surface area contributed by atoms with E-state index in [0.717, 1.165) is 11.6 Å². The number of aromatic nitrogens is 2. The van der Waals surface area contributed by atoms with Crippen molar-refractivity contribution in [2.45, 2.75) is 61.8 Å². The summed E-state index contributed by atoms with van der Waals surface area (Å²) in [5.74, 6) is 0. The average Bonchev–Trinajstić information content (AvgIpc) is 2.63. The highest BCUT2D eigenvalue weighted by Gasteiger charge is 2.24. The zero-order valence-electron chi connectivity index (χ0n) is 11.1. The van der Waals surface area contributed by atoms with E-state index in [1.165, 1.54) is 38.5 Å². The van der Waals surface area contributed by atoms with Gasteiger partial charge in [-0.25, -0.2) is 9.97 Å². The van der Waals surface area contributed by atoms with Crippen LogP contribution < -0.4 is 5.32 Å².